The number of benzene rings is 1. The van der Waals surface area contributed by atoms with E-state index in [2.05, 4.69) is 4.98 Å². The predicted molar refractivity (Wildman–Crippen MR) is 70.7 cm³/mol. The lowest BCUT2D eigenvalue weighted by Gasteiger charge is -2.04. The first kappa shape index (κ1) is 13.2. The number of nitrogens with zero attached hydrogens (tertiary/aromatic N) is 1. The number of hydrogen-bond donors (Lipinski definition) is 0. The van der Waals surface area contributed by atoms with Gasteiger partial charge in [0.15, 0.2) is 5.78 Å². The lowest BCUT2D eigenvalue weighted by molar-refractivity contribution is 0.0734. The van der Waals surface area contributed by atoms with Crippen molar-refractivity contribution in [1.29, 1.82) is 0 Å². The summed E-state index contributed by atoms with van der Waals surface area (Å²) in [5.41, 5.74) is 0.877. The van der Waals surface area contributed by atoms with Crippen LogP contribution in [0.1, 0.15) is 27.6 Å². The molecule has 1 heterocycles. The lowest BCUT2D eigenvalue weighted by Crippen LogP contribution is -2.08. The lowest BCUT2D eigenvalue weighted by atomic mass is 10.1. The molecule has 0 radical (unpaired) electrons. The second-order valence-corrected chi connectivity index (χ2v) is 4.22. The number of aromatic nitrogens is 1. The Balaban J connectivity index is 2.13. The molecular weight excluding hydrogens is 266 g/mol. The Morgan fingerprint density at radius 2 is 1.79 bits per heavy atom. The summed E-state index contributed by atoms with van der Waals surface area (Å²) < 4.78 is 5.15. The van der Waals surface area contributed by atoms with Crippen LogP contribution in [0.2, 0.25) is 5.15 Å². The number of Topliss-reactive ketones (excluding diaryl/α,β-unsaturated/α-hetero) is 1. The summed E-state index contributed by atoms with van der Waals surface area (Å²) in [6, 6.07) is 9.27. The van der Waals surface area contributed by atoms with Gasteiger partial charge in [-0.2, -0.15) is 0 Å². The summed E-state index contributed by atoms with van der Waals surface area (Å²) in [6.07, 6.45) is 1.43. The second kappa shape index (κ2) is 5.63. The smallest absolute Gasteiger partial charge is 0.343 e. The molecule has 1 aromatic carbocycles. The van der Waals surface area contributed by atoms with Gasteiger partial charge >= 0.3 is 5.97 Å². The Bertz CT molecular complexity index is 623. The van der Waals surface area contributed by atoms with Crippen LogP contribution in [-0.4, -0.2) is 16.7 Å². The number of rotatable bonds is 3. The zero-order valence-electron chi connectivity index (χ0n) is 10.1. The molecule has 0 saturated carbocycles. The van der Waals surface area contributed by atoms with Crippen molar-refractivity contribution < 1.29 is 14.3 Å². The van der Waals surface area contributed by atoms with Crippen molar-refractivity contribution in [2.24, 2.45) is 0 Å². The molecule has 0 bridgehead atoms. The number of esters is 1. The maximum absolute atomic E-state index is 11.8. The molecule has 0 atom stereocenters. The van der Waals surface area contributed by atoms with Gasteiger partial charge in [0, 0.05) is 11.8 Å². The Kier molecular flexibility index (Phi) is 3.92. The van der Waals surface area contributed by atoms with E-state index in [0.29, 0.717) is 16.9 Å². The molecule has 0 aliphatic heterocycles. The average molecular weight is 276 g/mol. The topological polar surface area (TPSA) is 56.3 Å². The molecule has 2 aromatic rings. The van der Waals surface area contributed by atoms with Crippen LogP contribution in [0.25, 0.3) is 0 Å². The zero-order valence-corrected chi connectivity index (χ0v) is 10.8. The summed E-state index contributed by atoms with van der Waals surface area (Å²) in [5.74, 6) is -0.207. The molecule has 0 unspecified atom stereocenters. The fourth-order valence-corrected chi connectivity index (χ4v) is 1.63. The minimum absolute atomic E-state index is 0.0428. The van der Waals surface area contributed by atoms with E-state index in [-0.39, 0.29) is 10.9 Å². The number of carbonyl (C=O) groups excluding carboxylic acids is 2. The molecule has 2 rings (SSSR count). The first-order valence-electron chi connectivity index (χ1n) is 5.51. The third-order valence-corrected chi connectivity index (χ3v) is 2.64. The summed E-state index contributed by atoms with van der Waals surface area (Å²) in [6.45, 7) is 1.47. The molecular formula is C14H10ClNO3. The first-order chi connectivity index (χ1) is 9.06. The Morgan fingerprint density at radius 3 is 2.37 bits per heavy atom. The highest BCUT2D eigenvalue weighted by Crippen LogP contribution is 2.15. The molecule has 0 aliphatic rings. The van der Waals surface area contributed by atoms with E-state index in [9.17, 15) is 9.59 Å². The molecule has 0 fully saturated rings. The van der Waals surface area contributed by atoms with Crippen LogP contribution in [0.5, 0.6) is 5.75 Å². The first-order valence-corrected chi connectivity index (χ1v) is 5.89. The van der Waals surface area contributed by atoms with Crippen molar-refractivity contribution in [2.45, 2.75) is 6.92 Å². The highest BCUT2D eigenvalue weighted by atomic mass is 35.5. The van der Waals surface area contributed by atoms with Gasteiger partial charge in [-0.15, -0.1) is 0 Å². The number of ether oxygens (including phenoxy) is 1. The number of pyridine rings is 1. The fraction of sp³-hybridized carbons (Fsp3) is 0.0714. The normalized spacial score (nSPS) is 10.0. The summed E-state index contributed by atoms with van der Waals surface area (Å²) in [4.78, 5) is 26.7. The maximum atomic E-state index is 11.8. The van der Waals surface area contributed by atoms with E-state index in [4.69, 9.17) is 16.3 Å². The highest BCUT2D eigenvalue weighted by Gasteiger charge is 2.09. The molecule has 0 aliphatic carbocycles. The van der Waals surface area contributed by atoms with Gasteiger partial charge in [0.2, 0.25) is 0 Å². The van der Waals surface area contributed by atoms with Gasteiger partial charge in [-0.25, -0.2) is 9.78 Å². The van der Waals surface area contributed by atoms with Crippen molar-refractivity contribution in [3.63, 3.8) is 0 Å². The van der Waals surface area contributed by atoms with Crippen LogP contribution in [0.3, 0.4) is 0 Å². The largest absolute Gasteiger partial charge is 0.423 e. The fourth-order valence-electron chi connectivity index (χ4n) is 1.45. The number of halogens is 1. The van der Waals surface area contributed by atoms with Gasteiger partial charge in [-0.05, 0) is 43.3 Å². The Labute approximate surface area is 115 Å². The Morgan fingerprint density at radius 1 is 1.11 bits per heavy atom. The van der Waals surface area contributed by atoms with Crippen LogP contribution in [-0.2, 0) is 0 Å². The van der Waals surface area contributed by atoms with Gasteiger partial charge in [0.1, 0.15) is 10.9 Å². The quantitative estimate of drug-likeness (QED) is 0.374. The van der Waals surface area contributed by atoms with Crippen molar-refractivity contribution in [3.8, 4) is 5.75 Å². The van der Waals surface area contributed by atoms with Crippen LogP contribution < -0.4 is 4.74 Å². The highest BCUT2D eigenvalue weighted by molar-refractivity contribution is 6.29. The molecule has 4 nitrogen and oxygen atoms in total. The molecule has 0 amide bonds. The van der Waals surface area contributed by atoms with E-state index in [1.165, 1.54) is 25.3 Å². The van der Waals surface area contributed by atoms with Gasteiger partial charge in [0.25, 0.3) is 0 Å². The predicted octanol–water partition coefficient (Wildman–Crippen LogP) is 3.16. The zero-order chi connectivity index (χ0) is 13.8. The van der Waals surface area contributed by atoms with Crippen molar-refractivity contribution in [2.75, 3.05) is 0 Å². The summed E-state index contributed by atoms with van der Waals surface area (Å²) in [5, 5.41) is 0.223. The molecule has 1 aromatic heterocycles. The van der Waals surface area contributed by atoms with Crippen LogP contribution in [0, 0.1) is 0 Å². The number of hydrogen-bond acceptors (Lipinski definition) is 4. The number of carbonyl (C=O) groups is 2. The Hall–Kier alpha value is -2.20. The van der Waals surface area contributed by atoms with Crippen molar-refractivity contribution in [1.82, 2.24) is 4.98 Å². The minimum Gasteiger partial charge on any atom is -0.423 e. The monoisotopic (exact) mass is 275 g/mol. The molecule has 0 spiro atoms. The van der Waals surface area contributed by atoms with E-state index in [0.717, 1.165) is 0 Å². The molecule has 0 N–H and O–H groups in total. The van der Waals surface area contributed by atoms with E-state index < -0.39 is 5.97 Å². The van der Waals surface area contributed by atoms with Crippen molar-refractivity contribution >= 4 is 23.4 Å². The van der Waals surface area contributed by atoms with E-state index >= 15 is 0 Å². The van der Waals surface area contributed by atoms with E-state index in [1.807, 2.05) is 0 Å². The van der Waals surface area contributed by atoms with E-state index in [1.54, 1.807) is 24.3 Å². The van der Waals surface area contributed by atoms with Gasteiger partial charge in [0.05, 0.1) is 5.56 Å². The third kappa shape index (κ3) is 3.39. The van der Waals surface area contributed by atoms with Gasteiger partial charge in [-0.1, -0.05) is 11.6 Å². The molecule has 0 saturated heterocycles. The van der Waals surface area contributed by atoms with Crippen LogP contribution in [0.15, 0.2) is 42.6 Å². The number of ketones is 1. The summed E-state index contributed by atoms with van der Waals surface area (Å²) in [7, 11) is 0. The van der Waals surface area contributed by atoms with Gasteiger partial charge < -0.3 is 4.74 Å². The van der Waals surface area contributed by atoms with Crippen molar-refractivity contribution in [3.05, 3.63) is 58.9 Å². The summed E-state index contributed by atoms with van der Waals surface area (Å²) >= 11 is 5.69. The average Bonchev–Trinajstić information content (AvgIpc) is 2.39. The second-order valence-electron chi connectivity index (χ2n) is 3.84. The van der Waals surface area contributed by atoms with Crippen LogP contribution >= 0.6 is 11.6 Å². The molecule has 5 heteroatoms. The minimum atomic E-state index is -0.528. The van der Waals surface area contributed by atoms with Gasteiger partial charge in [-0.3, -0.25) is 4.79 Å². The third-order valence-electron chi connectivity index (χ3n) is 2.43. The standard InChI is InChI=1S/C14H10ClNO3/c1-9(17)10-2-4-12(5-3-10)19-14(18)11-6-7-16-13(15)8-11/h2-8H,1H3. The molecule has 19 heavy (non-hydrogen) atoms. The maximum Gasteiger partial charge on any atom is 0.343 e. The SMILES string of the molecule is CC(=O)c1ccc(OC(=O)c2ccnc(Cl)c2)cc1. The van der Waals surface area contributed by atoms with Crippen LogP contribution in [0.4, 0.5) is 0 Å². The molecule has 96 valence electrons.